The van der Waals surface area contributed by atoms with Crippen molar-refractivity contribution in [3.63, 3.8) is 0 Å². The molecule has 3 nitrogen and oxygen atoms in total. The minimum atomic E-state index is 0. The maximum Gasteiger partial charge on any atom is 0.107 e. The Morgan fingerprint density at radius 1 is 1.28 bits per heavy atom. The standard InChI is InChI=1S/C13H17N3.2ClH/c1-10-15-12-6-2-3-7-13(12)16(10)11-5-4-8-14-9-11;;/h2-3,6-7,11,14H,4-5,8-9H2,1H3;2*1H. The molecule has 1 aliphatic rings. The predicted molar refractivity (Wildman–Crippen MR) is 80.1 cm³/mol. The smallest absolute Gasteiger partial charge is 0.107 e. The number of rotatable bonds is 1. The van der Waals surface area contributed by atoms with Crippen molar-refractivity contribution < 1.29 is 0 Å². The number of para-hydroxylation sites is 2. The van der Waals surface area contributed by atoms with E-state index in [4.69, 9.17) is 0 Å². The second-order valence-corrected chi connectivity index (χ2v) is 4.52. The maximum absolute atomic E-state index is 4.62. The average molecular weight is 288 g/mol. The number of imidazole rings is 1. The van der Waals surface area contributed by atoms with Crippen LogP contribution in [-0.2, 0) is 0 Å². The number of benzene rings is 1. The molecule has 0 aliphatic carbocycles. The Hall–Kier alpha value is -0.770. The van der Waals surface area contributed by atoms with Gasteiger partial charge < -0.3 is 9.88 Å². The van der Waals surface area contributed by atoms with Gasteiger partial charge in [0.1, 0.15) is 5.82 Å². The summed E-state index contributed by atoms with van der Waals surface area (Å²) in [6.07, 6.45) is 2.52. The molecule has 0 bridgehead atoms. The minimum Gasteiger partial charge on any atom is -0.324 e. The Morgan fingerprint density at radius 3 is 2.78 bits per heavy atom. The Balaban J connectivity index is 0.000000810. The summed E-state index contributed by atoms with van der Waals surface area (Å²) in [4.78, 5) is 4.62. The van der Waals surface area contributed by atoms with Gasteiger partial charge in [-0.15, -0.1) is 24.8 Å². The summed E-state index contributed by atoms with van der Waals surface area (Å²) in [6.45, 7) is 4.33. The van der Waals surface area contributed by atoms with Gasteiger partial charge in [0, 0.05) is 12.6 Å². The van der Waals surface area contributed by atoms with E-state index in [-0.39, 0.29) is 24.8 Å². The van der Waals surface area contributed by atoms with Crippen LogP contribution in [0.25, 0.3) is 11.0 Å². The molecule has 2 heterocycles. The van der Waals surface area contributed by atoms with Crippen molar-refractivity contribution in [3.05, 3.63) is 30.1 Å². The second-order valence-electron chi connectivity index (χ2n) is 4.52. The number of hydrogen-bond acceptors (Lipinski definition) is 2. The summed E-state index contributed by atoms with van der Waals surface area (Å²) in [5.41, 5.74) is 2.39. The second kappa shape index (κ2) is 6.41. The van der Waals surface area contributed by atoms with E-state index in [1.807, 2.05) is 0 Å². The molecule has 0 radical (unpaired) electrons. The molecule has 1 aromatic heterocycles. The molecular formula is C13H19Cl2N3. The molecule has 18 heavy (non-hydrogen) atoms. The summed E-state index contributed by atoms with van der Waals surface area (Å²) in [5.74, 6) is 1.13. The third-order valence-corrected chi connectivity index (χ3v) is 3.41. The predicted octanol–water partition coefficient (Wildman–Crippen LogP) is 3.11. The van der Waals surface area contributed by atoms with E-state index in [1.54, 1.807) is 0 Å². The Labute approximate surface area is 120 Å². The van der Waals surface area contributed by atoms with Crippen molar-refractivity contribution >= 4 is 35.8 Å². The molecule has 1 aliphatic heterocycles. The molecule has 0 spiro atoms. The molecule has 1 aromatic carbocycles. The van der Waals surface area contributed by atoms with Crippen LogP contribution in [0.5, 0.6) is 0 Å². The van der Waals surface area contributed by atoms with Crippen LogP contribution in [0.1, 0.15) is 24.7 Å². The largest absolute Gasteiger partial charge is 0.324 e. The fourth-order valence-electron chi connectivity index (χ4n) is 2.68. The van der Waals surface area contributed by atoms with Crippen molar-refractivity contribution in [3.8, 4) is 0 Å². The van der Waals surface area contributed by atoms with E-state index in [1.165, 1.54) is 18.4 Å². The zero-order chi connectivity index (χ0) is 11.0. The molecule has 1 fully saturated rings. The van der Waals surface area contributed by atoms with Crippen LogP contribution < -0.4 is 5.32 Å². The molecule has 5 heteroatoms. The van der Waals surface area contributed by atoms with Gasteiger partial charge in [-0.3, -0.25) is 0 Å². The van der Waals surface area contributed by atoms with Gasteiger partial charge >= 0.3 is 0 Å². The molecule has 0 saturated carbocycles. The number of halogens is 2. The Morgan fingerprint density at radius 2 is 2.06 bits per heavy atom. The Bertz CT molecular complexity index is 504. The molecule has 1 saturated heterocycles. The molecule has 1 atom stereocenters. The van der Waals surface area contributed by atoms with Crippen LogP contribution in [0.3, 0.4) is 0 Å². The fourth-order valence-corrected chi connectivity index (χ4v) is 2.68. The lowest BCUT2D eigenvalue weighted by molar-refractivity contribution is 0.373. The van der Waals surface area contributed by atoms with Crippen LogP contribution in [0.2, 0.25) is 0 Å². The van der Waals surface area contributed by atoms with E-state index in [9.17, 15) is 0 Å². The summed E-state index contributed by atoms with van der Waals surface area (Å²) in [7, 11) is 0. The fraction of sp³-hybridized carbons (Fsp3) is 0.462. The first-order valence-corrected chi connectivity index (χ1v) is 6.00. The number of nitrogens with zero attached hydrogens (tertiary/aromatic N) is 2. The SMILES string of the molecule is Cc1nc2ccccc2n1C1CCCNC1.Cl.Cl. The molecular weight excluding hydrogens is 269 g/mol. The minimum absolute atomic E-state index is 0. The van der Waals surface area contributed by atoms with Gasteiger partial charge in [0.15, 0.2) is 0 Å². The quantitative estimate of drug-likeness (QED) is 0.873. The first kappa shape index (κ1) is 15.3. The average Bonchev–Trinajstić information content (AvgIpc) is 2.66. The lowest BCUT2D eigenvalue weighted by Gasteiger charge is -2.25. The highest BCUT2D eigenvalue weighted by Crippen LogP contribution is 2.24. The first-order chi connectivity index (χ1) is 7.86. The third-order valence-electron chi connectivity index (χ3n) is 3.41. The van der Waals surface area contributed by atoms with Gasteiger partial charge in [-0.1, -0.05) is 12.1 Å². The molecule has 3 rings (SSSR count). The normalized spacial score (nSPS) is 19.1. The van der Waals surface area contributed by atoms with Gasteiger partial charge in [-0.2, -0.15) is 0 Å². The van der Waals surface area contributed by atoms with E-state index in [2.05, 4.69) is 46.1 Å². The van der Waals surface area contributed by atoms with Crippen molar-refractivity contribution in [2.75, 3.05) is 13.1 Å². The van der Waals surface area contributed by atoms with E-state index in [0.717, 1.165) is 24.4 Å². The number of piperidine rings is 1. The van der Waals surface area contributed by atoms with E-state index >= 15 is 0 Å². The number of nitrogens with one attached hydrogen (secondary N) is 1. The van der Waals surface area contributed by atoms with E-state index < -0.39 is 0 Å². The van der Waals surface area contributed by atoms with Crippen LogP contribution in [0, 0.1) is 6.92 Å². The Kier molecular flexibility index (Phi) is 5.45. The molecule has 2 aromatic rings. The lowest BCUT2D eigenvalue weighted by Crippen LogP contribution is -2.32. The van der Waals surface area contributed by atoms with Crippen molar-refractivity contribution in [2.45, 2.75) is 25.8 Å². The third kappa shape index (κ3) is 2.63. The highest BCUT2D eigenvalue weighted by Gasteiger charge is 2.18. The highest BCUT2D eigenvalue weighted by molar-refractivity contribution is 5.85. The number of hydrogen-bond donors (Lipinski definition) is 1. The van der Waals surface area contributed by atoms with Crippen molar-refractivity contribution in [1.29, 1.82) is 0 Å². The van der Waals surface area contributed by atoms with Gasteiger partial charge in [0.2, 0.25) is 0 Å². The van der Waals surface area contributed by atoms with Crippen molar-refractivity contribution in [1.82, 2.24) is 14.9 Å². The summed E-state index contributed by atoms with van der Waals surface area (Å²) < 4.78 is 2.39. The highest BCUT2D eigenvalue weighted by atomic mass is 35.5. The van der Waals surface area contributed by atoms with Crippen LogP contribution in [0.4, 0.5) is 0 Å². The van der Waals surface area contributed by atoms with Gasteiger partial charge in [0.05, 0.1) is 11.0 Å². The monoisotopic (exact) mass is 287 g/mol. The zero-order valence-corrected chi connectivity index (χ0v) is 12.1. The van der Waals surface area contributed by atoms with Gasteiger partial charge in [-0.25, -0.2) is 4.98 Å². The van der Waals surface area contributed by atoms with Gasteiger partial charge in [0.25, 0.3) is 0 Å². The first-order valence-electron chi connectivity index (χ1n) is 6.00. The number of fused-ring (bicyclic) bond motifs is 1. The number of aromatic nitrogens is 2. The van der Waals surface area contributed by atoms with Gasteiger partial charge in [-0.05, 0) is 38.4 Å². The maximum atomic E-state index is 4.62. The summed E-state index contributed by atoms with van der Waals surface area (Å²) >= 11 is 0. The van der Waals surface area contributed by atoms with Crippen molar-refractivity contribution in [2.24, 2.45) is 0 Å². The van der Waals surface area contributed by atoms with Crippen LogP contribution >= 0.6 is 24.8 Å². The molecule has 1 unspecified atom stereocenters. The summed E-state index contributed by atoms with van der Waals surface area (Å²) in [6, 6.07) is 8.98. The summed E-state index contributed by atoms with van der Waals surface area (Å²) in [5, 5.41) is 3.47. The topological polar surface area (TPSA) is 29.9 Å². The lowest BCUT2D eigenvalue weighted by atomic mass is 10.1. The van der Waals surface area contributed by atoms with E-state index in [0.29, 0.717) is 6.04 Å². The zero-order valence-electron chi connectivity index (χ0n) is 10.4. The van der Waals surface area contributed by atoms with Crippen LogP contribution in [-0.4, -0.2) is 22.6 Å². The molecule has 100 valence electrons. The molecule has 0 amide bonds. The molecule has 1 N–H and O–H groups in total. The number of aryl methyl sites for hydroxylation is 1. The van der Waals surface area contributed by atoms with Crippen LogP contribution in [0.15, 0.2) is 24.3 Å².